The molecule has 0 radical (unpaired) electrons. The molecule has 3 aromatic rings. The number of hydrogen-bond donors (Lipinski definition) is 1. The average molecular weight is 307 g/mol. The number of rotatable bonds is 3. The van der Waals surface area contributed by atoms with Crippen LogP contribution in [0.3, 0.4) is 0 Å². The third-order valence-electron chi connectivity index (χ3n) is 3.50. The summed E-state index contributed by atoms with van der Waals surface area (Å²) >= 11 is 0. The molecule has 2 N–H and O–H groups in total. The fraction of sp³-hybridized carbons (Fsp3) is 0.118. The molecule has 1 aromatic carbocycles. The zero-order valence-corrected chi connectivity index (χ0v) is 13.0. The number of aromatic nitrogens is 3. The summed E-state index contributed by atoms with van der Waals surface area (Å²) in [5.74, 6) is 0.0328. The summed E-state index contributed by atoms with van der Waals surface area (Å²) < 4.78 is 1.22. The number of nitrogen functional groups attached to an aromatic ring is 1. The van der Waals surface area contributed by atoms with Crippen molar-refractivity contribution in [3.63, 3.8) is 0 Å². The maximum Gasteiger partial charge on any atom is 0.280 e. The second-order valence-electron chi connectivity index (χ2n) is 5.36. The first-order valence-electron chi connectivity index (χ1n) is 7.14. The van der Waals surface area contributed by atoms with Crippen molar-refractivity contribution in [3.8, 4) is 11.3 Å². The van der Waals surface area contributed by atoms with Crippen LogP contribution in [0.15, 0.2) is 54.9 Å². The first kappa shape index (κ1) is 14.8. The van der Waals surface area contributed by atoms with E-state index < -0.39 is 0 Å². The Kier molecular flexibility index (Phi) is 3.80. The Bertz CT molecular complexity index is 839. The number of nitrogens with two attached hydrogens (primary N) is 1. The largest absolute Gasteiger partial charge is 0.383 e. The topological polar surface area (TPSA) is 77.0 Å². The Hall–Kier alpha value is -3.15. The predicted octanol–water partition coefficient (Wildman–Crippen LogP) is 2.28. The number of nitrogens with zero attached hydrogens (tertiary/aromatic N) is 4. The number of anilines is 2. The average Bonchev–Trinajstić information content (AvgIpc) is 2.97. The van der Waals surface area contributed by atoms with Gasteiger partial charge < -0.3 is 10.6 Å². The second-order valence-corrected chi connectivity index (χ2v) is 5.36. The van der Waals surface area contributed by atoms with E-state index in [4.69, 9.17) is 5.73 Å². The highest BCUT2D eigenvalue weighted by molar-refractivity contribution is 5.98. The van der Waals surface area contributed by atoms with Gasteiger partial charge in [0.15, 0.2) is 0 Å². The summed E-state index contributed by atoms with van der Waals surface area (Å²) in [6.07, 6.45) is 3.37. The van der Waals surface area contributed by atoms with Crippen molar-refractivity contribution in [2.45, 2.75) is 0 Å². The molecule has 116 valence electrons. The molecule has 6 heteroatoms. The SMILES string of the molecule is CN(C)c1cccc(C(=O)n2nc(-c3cccnc3)cc2N)c1. The van der Waals surface area contributed by atoms with Gasteiger partial charge in [-0.15, -0.1) is 0 Å². The van der Waals surface area contributed by atoms with Gasteiger partial charge in [0.25, 0.3) is 5.91 Å². The fourth-order valence-electron chi connectivity index (χ4n) is 2.25. The summed E-state index contributed by atoms with van der Waals surface area (Å²) in [5, 5.41) is 4.32. The lowest BCUT2D eigenvalue weighted by atomic mass is 10.2. The van der Waals surface area contributed by atoms with Crippen LogP contribution in [-0.4, -0.2) is 34.8 Å². The summed E-state index contributed by atoms with van der Waals surface area (Å²) in [6.45, 7) is 0. The van der Waals surface area contributed by atoms with Crippen LogP contribution in [0.5, 0.6) is 0 Å². The molecule has 3 rings (SSSR count). The van der Waals surface area contributed by atoms with Gasteiger partial charge in [0.05, 0.1) is 5.69 Å². The van der Waals surface area contributed by atoms with Crippen LogP contribution >= 0.6 is 0 Å². The number of carbonyl (C=O) groups excluding carboxylic acids is 1. The van der Waals surface area contributed by atoms with Crippen LogP contribution in [0, 0.1) is 0 Å². The zero-order valence-electron chi connectivity index (χ0n) is 13.0. The van der Waals surface area contributed by atoms with Gasteiger partial charge in [-0.05, 0) is 30.3 Å². The first-order chi connectivity index (χ1) is 11.1. The lowest BCUT2D eigenvalue weighted by molar-refractivity contribution is 0.0948. The molecule has 0 aliphatic heterocycles. The molecule has 23 heavy (non-hydrogen) atoms. The van der Waals surface area contributed by atoms with E-state index in [1.165, 1.54) is 4.68 Å². The van der Waals surface area contributed by atoms with E-state index >= 15 is 0 Å². The van der Waals surface area contributed by atoms with E-state index in [2.05, 4.69) is 10.1 Å². The molecule has 6 nitrogen and oxygen atoms in total. The summed E-state index contributed by atoms with van der Waals surface area (Å²) in [5.41, 5.74) is 8.86. The van der Waals surface area contributed by atoms with Crippen LogP contribution in [0.1, 0.15) is 10.4 Å². The molecule has 0 spiro atoms. The van der Waals surface area contributed by atoms with Gasteiger partial charge >= 0.3 is 0 Å². The Morgan fingerprint density at radius 2 is 2.00 bits per heavy atom. The third-order valence-corrected chi connectivity index (χ3v) is 3.50. The van der Waals surface area contributed by atoms with Gasteiger partial charge in [-0.2, -0.15) is 9.78 Å². The highest BCUT2D eigenvalue weighted by Crippen LogP contribution is 2.21. The van der Waals surface area contributed by atoms with Crippen LogP contribution < -0.4 is 10.6 Å². The Morgan fingerprint density at radius 3 is 2.70 bits per heavy atom. The third kappa shape index (κ3) is 2.91. The molecule has 2 aromatic heterocycles. The maximum atomic E-state index is 12.7. The highest BCUT2D eigenvalue weighted by Gasteiger charge is 2.16. The predicted molar refractivity (Wildman–Crippen MR) is 90.4 cm³/mol. The molecular formula is C17H17N5O. The van der Waals surface area contributed by atoms with E-state index in [0.717, 1.165) is 11.3 Å². The summed E-state index contributed by atoms with van der Waals surface area (Å²) in [4.78, 5) is 18.7. The van der Waals surface area contributed by atoms with Gasteiger partial charge in [-0.1, -0.05) is 6.07 Å². The molecule has 0 saturated heterocycles. The highest BCUT2D eigenvalue weighted by atomic mass is 16.2. The fourth-order valence-corrected chi connectivity index (χ4v) is 2.25. The van der Waals surface area contributed by atoms with Gasteiger partial charge in [0, 0.05) is 49.4 Å². The number of pyridine rings is 1. The second kappa shape index (κ2) is 5.92. The van der Waals surface area contributed by atoms with E-state index in [1.807, 2.05) is 49.3 Å². The van der Waals surface area contributed by atoms with E-state index in [0.29, 0.717) is 17.1 Å². The molecule has 0 unspecified atom stereocenters. The zero-order chi connectivity index (χ0) is 16.4. The normalized spacial score (nSPS) is 10.5. The Morgan fingerprint density at radius 1 is 1.17 bits per heavy atom. The van der Waals surface area contributed by atoms with Gasteiger partial charge in [0.1, 0.15) is 5.82 Å². The van der Waals surface area contributed by atoms with Crippen molar-refractivity contribution in [3.05, 3.63) is 60.4 Å². The Balaban J connectivity index is 1.97. The van der Waals surface area contributed by atoms with Gasteiger partial charge in [-0.25, -0.2) is 0 Å². The monoisotopic (exact) mass is 307 g/mol. The van der Waals surface area contributed by atoms with Crippen molar-refractivity contribution in [1.29, 1.82) is 0 Å². The molecule has 0 bridgehead atoms. The Labute approximate surface area is 134 Å². The van der Waals surface area contributed by atoms with Crippen LogP contribution in [-0.2, 0) is 0 Å². The van der Waals surface area contributed by atoms with Crippen LogP contribution in [0.2, 0.25) is 0 Å². The van der Waals surface area contributed by atoms with E-state index in [1.54, 1.807) is 24.5 Å². The quantitative estimate of drug-likeness (QED) is 0.803. The molecule has 0 fully saturated rings. The maximum absolute atomic E-state index is 12.7. The van der Waals surface area contributed by atoms with Crippen molar-refractivity contribution in [2.75, 3.05) is 24.7 Å². The van der Waals surface area contributed by atoms with Crippen LogP contribution in [0.25, 0.3) is 11.3 Å². The van der Waals surface area contributed by atoms with Crippen molar-refractivity contribution >= 4 is 17.4 Å². The summed E-state index contributed by atoms with van der Waals surface area (Å²) in [6, 6.07) is 12.7. The first-order valence-corrected chi connectivity index (χ1v) is 7.14. The number of benzene rings is 1. The van der Waals surface area contributed by atoms with Gasteiger partial charge in [-0.3, -0.25) is 9.78 Å². The van der Waals surface area contributed by atoms with Gasteiger partial charge in [0.2, 0.25) is 0 Å². The van der Waals surface area contributed by atoms with Crippen LogP contribution in [0.4, 0.5) is 11.5 Å². The number of carbonyl (C=O) groups is 1. The lowest BCUT2D eigenvalue weighted by Gasteiger charge is -2.13. The standard InChI is InChI=1S/C17H17N5O/c1-21(2)14-7-3-5-12(9-14)17(23)22-16(18)10-15(20-22)13-6-4-8-19-11-13/h3-11H,18H2,1-2H3. The number of hydrogen-bond acceptors (Lipinski definition) is 5. The van der Waals surface area contributed by atoms with Crippen molar-refractivity contribution in [1.82, 2.24) is 14.8 Å². The molecule has 0 atom stereocenters. The molecule has 0 amide bonds. The lowest BCUT2D eigenvalue weighted by Crippen LogP contribution is -2.17. The van der Waals surface area contributed by atoms with E-state index in [-0.39, 0.29) is 5.91 Å². The smallest absolute Gasteiger partial charge is 0.280 e. The molecular weight excluding hydrogens is 290 g/mol. The molecule has 0 aliphatic rings. The van der Waals surface area contributed by atoms with Crippen molar-refractivity contribution < 1.29 is 4.79 Å². The minimum atomic E-state index is -0.263. The minimum absolute atomic E-state index is 0.263. The van der Waals surface area contributed by atoms with Crippen molar-refractivity contribution in [2.24, 2.45) is 0 Å². The van der Waals surface area contributed by atoms with E-state index in [9.17, 15) is 4.79 Å². The molecule has 2 heterocycles. The molecule has 0 aliphatic carbocycles. The molecule has 0 saturated carbocycles. The minimum Gasteiger partial charge on any atom is -0.383 e. The summed E-state index contributed by atoms with van der Waals surface area (Å²) in [7, 11) is 3.85.